The molecule has 4 aromatic carbocycles. The summed E-state index contributed by atoms with van der Waals surface area (Å²) >= 11 is 0. The van der Waals surface area contributed by atoms with Crippen LogP contribution in [-0.2, 0) is 14.4 Å². The van der Waals surface area contributed by atoms with Gasteiger partial charge >= 0.3 is 17.7 Å². The maximum absolute atomic E-state index is 13.4. The predicted octanol–water partition coefficient (Wildman–Crippen LogP) is 6.07. The summed E-state index contributed by atoms with van der Waals surface area (Å²) < 4.78 is 10.3. The molecule has 1 aliphatic heterocycles. The number of hydrogen-bond acceptors (Lipinski definition) is 8. The van der Waals surface area contributed by atoms with E-state index in [1.165, 1.54) is 22.6 Å². The molecule has 0 spiro atoms. The SMILES string of the molecule is COC(=O)/C(=N\OC(=O)N1CCC(c2ccccc2)CC1)c1cc2ccc(C(=O)c3cccc4ccccc34)cc2oc1=O. The van der Waals surface area contributed by atoms with Crippen molar-refractivity contribution in [1.82, 2.24) is 4.90 Å². The fraction of sp³-hybridized carbons (Fsp3) is 0.171. The number of benzene rings is 4. The van der Waals surface area contributed by atoms with Gasteiger partial charge in [-0.2, -0.15) is 0 Å². The van der Waals surface area contributed by atoms with E-state index in [-0.39, 0.29) is 16.9 Å². The van der Waals surface area contributed by atoms with Gasteiger partial charge in [-0.1, -0.05) is 90.1 Å². The molecule has 1 saturated heterocycles. The topological polar surface area (TPSA) is 115 Å². The first-order valence-electron chi connectivity index (χ1n) is 14.2. The average Bonchev–Trinajstić information content (AvgIpc) is 3.07. The fourth-order valence-electron chi connectivity index (χ4n) is 5.55. The van der Waals surface area contributed by atoms with E-state index in [1.54, 1.807) is 18.2 Å². The number of fused-ring (bicyclic) bond motifs is 2. The van der Waals surface area contributed by atoms with Crippen LogP contribution in [0.5, 0.6) is 0 Å². The van der Waals surface area contributed by atoms with Crippen LogP contribution in [0.2, 0.25) is 0 Å². The normalized spacial score (nSPS) is 14.0. The van der Waals surface area contributed by atoms with Gasteiger partial charge in [0.15, 0.2) is 5.78 Å². The lowest BCUT2D eigenvalue weighted by Crippen LogP contribution is -2.38. The molecule has 1 aliphatic rings. The van der Waals surface area contributed by atoms with Crippen molar-refractivity contribution in [2.75, 3.05) is 20.2 Å². The molecule has 44 heavy (non-hydrogen) atoms. The molecule has 0 N–H and O–H groups in total. The first-order valence-corrected chi connectivity index (χ1v) is 14.2. The maximum Gasteiger partial charge on any atom is 0.435 e. The summed E-state index contributed by atoms with van der Waals surface area (Å²) in [6.07, 6.45) is 0.775. The summed E-state index contributed by atoms with van der Waals surface area (Å²) in [5.74, 6) is -0.874. The molecule has 0 bridgehead atoms. The number of oxime groups is 1. The van der Waals surface area contributed by atoms with Crippen molar-refractivity contribution in [2.24, 2.45) is 5.16 Å². The second-order valence-corrected chi connectivity index (χ2v) is 10.5. The number of likely N-dealkylation sites (tertiary alicyclic amines) is 1. The van der Waals surface area contributed by atoms with E-state index in [4.69, 9.17) is 14.0 Å². The molecule has 220 valence electrons. The standard InChI is InChI=1S/C35H28N2O7/c1-42-34(40)31(36-44-35(41)37-18-16-23(17-19-37)22-8-3-2-4-9-22)29-20-25-14-15-26(21-30(25)43-33(29)39)32(38)28-13-7-11-24-10-5-6-12-27(24)28/h2-15,20-21,23H,16-19H2,1H3/b36-31-. The van der Waals surface area contributed by atoms with Crippen molar-refractivity contribution >= 4 is 45.3 Å². The Morgan fingerprint density at radius 3 is 2.32 bits per heavy atom. The summed E-state index contributed by atoms with van der Waals surface area (Å²) in [6, 6.07) is 29.3. The van der Waals surface area contributed by atoms with E-state index in [9.17, 15) is 19.2 Å². The maximum atomic E-state index is 13.4. The summed E-state index contributed by atoms with van der Waals surface area (Å²) in [6.45, 7) is 0.916. The number of carbonyl (C=O) groups excluding carboxylic acids is 3. The minimum atomic E-state index is -0.977. The average molecular weight is 589 g/mol. The number of carbonyl (C=O) groups is 3. The zero-order valence-corrected chi connectivity index (χ0v) is 23.9. The van der Waals surface area contributed by atoms with Gasteiger partial charge in [0, 0.05) is 29.6 Å². The third-order valence-corrected chi connectivity index (χ3v) is 7.91. The highest BCUT2D eigenvalue weighted by atomic mass is 16.7. The Labute approximate surface area is 252 Å². The molecule has 1 aromatic heterocycles. The highest BCUT2D eigenvalue weighted by Crippen LogP contribution is 2.28. The largest absolute Gasteiger partial charge is 0.464 e. The van der Waals surface area contributed by atoms with Crippen LogP contribution in [0.1, 0.15) is 45.8 Å². The van der Waals surface area contributed by atoms with E-state index in [0.717, 1.165) is 30.7 Å². The van der Waals surface area contributed by atoms with Crippen molar-refractivity contribution in [3.8, 4) is 0 Å². The van der Waals surface area contributed by atoms with Crippen molar-refractivity contribution < 1.29 is 28.4 Å². The Morgan fingerprint density at radius 1 is 0.818 bits per heavy atom. The zero-order valence-electron chi connectivity index (χ0n) is 23.9. The number of piperidine rings is 1. The predicted molar refractivity (Wildman–Crippen MR) is 165 cm³/mol. The van der Waals surface area contributed by atoms with Crippen LogP contribution in [-0.4, -0.2) is 48.7 Å². The van der Waals surface area contributed by atoms with Crippen LogP contribution in [0.3, 0.4) is 0 Å². The van der Waals surface area contributed by atoms with Gasteiger partial charge in [-0.25, -0.2) is 14.4 Å². The molecule has 0 saturated carbocycles. The Morgan fingerprint density at radius 2 is 1.55 bits per heavy atom. The smallest absolute Gasteiger partial charge is 0.435 e. The number of ketones is 1. The van der Waals surface area contributed by atoms with E-state index in [0.29, 0.717) is 35.5 Å². The third kappa shape index (κ3) is 5.72. The molecular weight excluding hydrogens is 560 g/mol. The van der Waals surface area contributed by atoms with Gasteiger partial charge in [0.1, 0.15) is 5.58 Å². The monoisotopic (exact) mass is 588 g/mol. The van der Waals surface area contributed by atoms with E-state index in [2.05, 4.69) is 17.3 Å². The highest BCUT2D eigenvalue weighted by molar-refractivity contribution is 6.43. The molecule has 9 nitrogen and oxygen atoms in total. The van der Waals surface area contributed by atoms with Crippen molar-refractivity contribution in [3.63, 3.8) is 0 Å². The minimum absolute atomic E-state index is 0.146. The molecule has 0 atom stereocenters. The van der Waals surface area contributed by atoms with Crippen LogP contribution in [0.15, 0.2) is 111 Å². The fourth-order valence-corrected chi connectivity index (χ4v) is 5.55. The lowest BCUT2D eigenvalue weighted by Gasteiger charge is -2.30. The van der Waals surface area contributed by atoms with Crippen LogP contribution in [0, 0.1) is 0 Å². The van der Waals surface area contributed by atoms with Crippen molar-refractivity contribution in [1.29, 1.82) is 0 Å². The first-order chi connectivity index (χ1) is 21.4. The number of nitrogens with zero attached hydrogens (tertiary/aromatic N) is 2. The second-order valence-electron chi connectivity index (χ2n) is 10.5. The van der Waals surface area contributed by atoms with Gasteiger partial charge < -0.3 is 14.1 Å². The van der Waals surface area contributed by atoms with E-state index in [1.807, 2.05) is 54.6 Å². The quantitative estimate of drug-likeness (QED) is 0.0590. The van der Waals surface area contributed by atoms with Gasteiger partial charge in [0.05, 0.1) is 12.7 Å². The number of methoxy groups -OCH3 is 1. The lowest BCUT2D eigenvalue weighted by molar-refractivity contribution is -0.132. The molecule has 0 unspecified atom stereocenters. The van der Waals surface area contributed by atoms with Crippen LogP contribution < -0.4 is 5.63 Å². The van der Waals surface area contributed by atoms with Gasteiger partial charge in [0.25, 0.3) is 0 Å². The molecule has 6 rings (SSSR count). The van der Waals surface area contributed by atoms with Crippen molar-refractivity contribution in [3.05, 3.63) is 130 Å². The van der Waals surface area contributed by atoms with E-state index >= 15 is 0 Å². The first kappa shape index (κ1) is 28.5. The van der Waals surface area contributed by atoms with Crippen LogP contribution in [0.4, 0.5) is 4.79 Å². The van der Waals surface area contributed by atoms with Crippen LogP contribution in [0.25, 0.3) is 21.7 Å². The number of amides is 1. The molecule has 2 heterocycles. The molecule has 5 aromatic rings. The zero-order chi connectivity index (χ0) is 30.6. The van der Waals surface area contributed by atoms with Gasteiger partial charge in [-0.15, -0.1) is 0 Å². The molecular formula is C35H28N2O7. The minimum Gasteiger partial charge on any atom is -0.464 e. The summed E-state index contributed by atoms with van der Waals surface area (Å²) in [4.78, 5) is 58.5. The third-order valence-electron chi connectivity index (χ3n) is 7.91. The van der Waals surface area contributed by atoms with Gasteiger partial charge in [0.2, 0.25) is 5.71 Å². The molecule has 0 aliphatic carbocycles. The summed E-state index contributed by atoms with van der Waals surface area (Å²) in [5, 5.41) is 5.91. The number of rotatable bonds is 6. The van der Waals surface area contributed by atoms with E-state index < -0.39 is 23.4 Å². The summed E-state index contributed by atoms with van der Waals surface area (Å²) in [7, 11) is 1.13. The lowest BCUT2D eigenvalue weighted by atomic mass is 9.90. The van der Waals surface area contributed by atoms with Crippen LogP contribution >= 0.6 is 0 Å². The number of ether oxygens (including phenoxy) is 1. The Bertz CT molecular complexity index is 1970. The molecule has 0 radical (unpaired) electrons. The second kappa shape index (κ2) is 12.3. The Kier molecular flexibility index (Phi) is 8.01. The number of hydrogen-bond donors (Lipinski definition) is 0. The number of esters is 1. The molecule has 1 amide bonds. The molecule has 9 heteroatoms. The molecule has 1 fully saturated rings. The van der Waals surface area contributed by atoms with Crippen molar-refractivity contribution in [2.45, 2.75) is 18.8 Å². The Balaban J connectivity index is 1.23. The summed E-state index contributed by atoms with van der Waals surface area (Å²) in [5.41, 5.74) is 0.562. The van der Waals surface area contributed by atoms with Gasteiger partial charge in [-0.3, -0.25) is 9.63 Å². The highest BCUT2D eigenvalue weighted by Gasteiger charge is 2.27. The van der Waals surface area contributed by atoms with Gasteiger partial charge in [-0.05, 0) is 47.2 Å². The Hall–Kier alpha value is -5.57.